The topological polar surface area (TPSA) is 69.0 Å². The maximum absolute atomic E-state index is 12.0. The third kappa shape index (κ3) is 1.89. The van der Waals surface area contributed by atoms with E-state index in [1.165, 1.54) is 11.3 Å². The van der Waals surface area contributed by atoms with E-state index in [1.54, 1.807) is 6.20 Å². The molecule has 3 heterocycles. The van der Waals surface area contributed by atoms with Gasteiger partial charge in [0, 0.05) is 6.04 Å². The standard InChI is InChI=1S/C11H11BrN4OS/c12-9-4-14-11(18-9)10(17)15-7-3-6-1-2-8(7)16(6)5-13/h4,6-8H,1-3H2,(H,15,17)/t6-,7+,8+/m0/s1. The van der Waals surface area contributed by atoms with E-state index in [0.29, 0.717) is 11.0 Å². The monoisotopic (exact) mass is 326 g/mol. The smallest absolute Gasteiger partial charge is 0.280 e. The third-order valence-electron chi connectivity index (χ3n) is 3.64. The highest BCUT2D eigenvalue weighted by Crippen LogP contribution is 2.37. The fourth-order valence-corrected chi connectivity index (χ4v) is 4.00. The number of thiazole rings is 1. The highest BCUT2D eigenvalue weighted by molar-refractivity contribution is 9.11. The second-order valence-corrected chi connectivity index (χ2v) is 7.00. The Bertz CT molecular complexity index is 525. The number of nitrogens with zero attached hydrogens (tertiary/aromatic N) is 3. The van der Waals surface area contributed by atoms with Gasteiger partial charge < -0.3 is 10.2 Å². The molecule has 0 unspecified atom stereocenters. The fraction of sp³-hybridized carbons (Fsp3) is 0.545. The molecule has 94 valence electrons. The van der Waals surface area contributed by atoms with Gasteiger partial charge in [0.05, 0.1) is 22.1 Å². The minimum absolute atomic E-state index is 0.0820. The van der Waals surface area contributed by atoms with Crippen LogP contribution in [0.15, 0.2) is 9.98 Å². The summed E-state index contributed by atoms with van der Waals surface area (Å²) >= 11 is 4.61. The van der Waals surface area contributed by atoms with Crippen LogP contribution in [-0.4, -0.2) is 33.9 Å². The summed E-state index contributed by atoms with van der Waals surface area (Å²) in [4.78, 5) is 17.9. The molecule has 3 rings (SSSR count). The number of hydrogen-bond donors (Lipinski definition) is 1. The van der Waals surface area contributed by atoms with Crippen LogP contribution in [0.1, 0.15) is 29.1 Å². The summed E-state index contributed by atoms with van der Waals surface area (Å²) in [5.74, 6) is -0.138. The molecule has 2 aliphatic heterocycles. The molecule has 2 bridgehead atoms. The molecule has 0 saturated carbocycles. The zero-order valence-corrected chi connectivity index (χ0v) is 11.9. The van der Waals surface area contributed by atoms with E-state index in [9.17, 15) is 4.79 Å². The number of carbonyl (C=O) groups excluding carboxylic acids is 1. The summed E-state index contributed by atoms with van der Waals surface area (Å²) in [6.45, 7) is 0. The van der Waals surface area contributed by atoms with Crippen molar-refractivity contribution in [2.75, 3.05) is 0 Å². The Morgan fingerprint density at radius 1 is 1.67 bits per heavy atom. The molecule has 2 aliphatic rings. The van der Waals surface area contributed by atoms with Crippen molar-refractivity contribution in [3.8, 4) is 6.19 Å². The molecule has 0 aliphatic carbocycles. The molecule has 5 nitrogen and oxygen atoms in total. The van der Waals surface area contributed by atoms with Crippen LogP contribution in [-0.2, 0) is 0 Å². The average Bonchev–Trinajstić information content (AvgIpc) is 3.02. The van der Waals surface area contributed by atoms with Crippen molar-refractivity contribution in [2.24, 2.45) is 0 Å². The molecule has 1 aromatic rings. The zero-order chi connectivity index (χ0) is 12.7. The molecule has 18 heavy (non-hydrogen) atoms. The highest BCUT2D eigenvalue weighted by Gasteiger charge is 2.46. The lowest BCUT2D eigenvalue weighted by molar-refractivity contribution is 0.0928. The Morgan fingerprint density at radius 2 is 2.50 bits per heavy atom. The number of rotatable bonds is 2. The summed E-state index contributed by atoms with van der Waals surface area (Å²) in [6.07, 6.45) is 6.79. The number of amides is 1. The predicted molar refractivity (Wildman–Crippen MR) is 69.9 cm³/mol. The summed E-state index contributed by atoms with van der Waals surface area (Å²) in [5, 5.41) is 12.5. The molecule has 0 radical (unpaired) electrons. The second kappa shape index (κ2) is 4.52. The minimum atomic E-state index is -0.138. The Hall–Kier alpha value is -1.13. The Kier molecular flexibility index (Phi) is 2.99. The molecule has 2 saturated heterocycles. The lowest BCUT2D eigenvalue weighted by atomic mass is 9.95. The van der Waals surface area contributed by atoms with Crippen LogP contribution in [0.25, 0.3) is 0 Å². The Labute approximate surface area is 117 Å². The Morgan fingerprint density at radius 3 is 3.11 bits per heavy atom. The van der Waals surface area contributed by atoms with E-state index >= 15 is 0 Å². The number of aromatic nitrogens is 1. The molecule has 7 heteroatoms. The van der Waals surface area contributed by atoms with E-state index in [0.717, 1.165) is 23.0 Å². The molecule has 2 fully saturated rings. The van der Waals surface area contributed by atoms with Gasteiger partial charge in [-0.05, 0) is 35.2 Å². The van der Waals surface area contributed by atoms with Crippen LogP contribution < -0.4 is 5.32 Å². The van der Waals surface area contributed by atoms with E-state index in [2.05, 4.69) is 32.4 Å². The van der Waals surface area contributed by atoms with Crippen LogP contribution in [0.5, 0.6) is 0 Å². The molecule has 1 amide bonds. The maximum atomic E-state index is 12.0. The number of nitrogens with one attached hydrogen (secondary N) is 1. The van der Waals surface area contributed by atoms with Crippen molar-refractivity contribution in [1.82, 2.24) is 15.2 Å². The molecule has 0 spiro atoms. The van der Waals surface area contributed by atoms with E-state index in [4.69, 9.17) is 5.26 Å². The van der Waals surface area contributed by atoms with Gasteiger partial charge in [0.25, 0.3) is 5.91 Å². The third-order valence-corrected chi connectivity index (χ3v) is 5.12. The fourth-order valence-electron chi connectivity index (χ4n) is 2.89. The number of hydrogen-bond acceptors (Lipinski definition) is 5. The van der Waals surface area contributed by atoms with Gasteiger partial charge in [-0.15, -0.1) is 11.3 Å². The number of halogens is 1. The van der Waals surface area contributed by atoms with Crippen molar-refractivity contribution in [3.05, 3.63) is 15.0 Å². The van der Waals surface area contributed by atoms with Gasteiger partial charge in [0.1, 0.15) is 0 Å². The van der Waals surface area contributed by atoms with Gasteiger partial charge in [-0.3, -0.25) is 4.79 Å². The van der Waals surface area contributed by atoms with Gasteiger partial charge in [0.15, 0.2) is 11.2 Å². The van der Waals surface area contributed by atoms with Crippen molar-refractivity contribution < 1.29 is 4.79 Å². The van der Waals surface area contributed by atoms with Gasteiger partial charge in [-0.2, -0.15) is 5.26 Å². The Balaban J connectivity index is 1.68. The zero-order valence-electron chi connectivity index (χ0n) is 9.47. The van der Waals surface area contributed by atoms with Crippen LogP contribution in [0.4, 0.5) is 0 Å². The first-order valence-corrected chi connectivity index (χ1v) is 7.40. The quantitative estimate of drug-likeness (QED) is 0.840. The maximum Gasteiger partial charge on any atom is 0.280 e. The first-order chi connectivity index (χ1) is 8.69. The lowest BCUT2D eigenvalue weighted by Crippen LogP contribution is -2.43. The molecular formula is C11H11BrN4OS. The van der Waals surface area contributed by atoms with E-state index in [1.807, 2.05) is 4.90 Å². The SMILES string of the molecule is N#CN1[C@H]2CC[C@@H]1[C@H](NC(=O)c1ncc(Br)s1)C2. The van der Waals surface area contributed by atoms with Gasteiger partial charge in [0.2, 0.25) is 0 Å². The van der Waals surface area contributed by atoms with Crippen LogP contribution >= 0.6 is 27.3 Å². The average molecular weight is 327 g/mol. The normalized spacial score (nSPS) is 29.3. The molecular weight excluding hydrogens is 316 g/mol. The molecule has 1 N–H and O–H groups in total. The summed E-state index contributed by atoms with van der Waals surface area (Å²) in [5.41, 5.74) is 0. The van der Waals surface area contributed by atoms with Crippen molar-refractivity contribution in [3.63, 3.8) is 0 Å². The van der Waals surface area contributed by atoms with Gasteiger partial charge in [-0.1, -0.05) is 0 Å². The van der Waals surface area contributed by atoms with Gasteiger partial charge >= 0.3 is 0 Å². The first-order valence-electron chi connectivity index (χ1n) is 5.79. The minimum Gasteiger partial charge on any atom is -0.345 e. The molecule has 1 aromatic heterocycles. The summed E-state index contributed by atoms with van der Waals surface area (Å²) < 4.78 is 0.847. The number of nitriles is 1. The van der Waals surface area contributed by atoms with Crippen LogP contribution in [0, 0.1) is 11.5 Å². The second-order valence-electron chi connectivity index (χ2n) is 4.59. The predicted octanol–water partition coefficient (Wildman–Crippen LogP) is 1.72. The largest absolute Gasteiger partial charge is 0.345 e. The summed E-state index contributed by atoms with van der Waals surface area (Å²) in [6, 6.07) is 0.569. The van der Waals surface area contributed by atoms with E-state index in [-0.39, 0.29) is 18.0 Å². The number of fused-ring (bicyclic) bond motifs is 2. The lowest BCUT2D eigenvalue weighted by Gasteiger charge is -2.21. The molecule has 0 aromatic carbocycles. The van der Waals surface area contributed by atoms with Crippen molar-refractivity contribution in [1.29, 1.82) is 5.26 Å². The van der Waals surface area contributed by atoms with E-state index < -0.39 is 0 Å². The van der Waals surface area contributed by atoms with Crippen LogP contribution in [0.2, 0.25) is 0 Å². The van der Waals surface area contributed by atoms with Crippen LogP contribution in [0.3, 0.4) is 0 Å². The van der Waals surface area contributed by atoms with Crippen molar-refractivity contribution >= 4 is 33.2 Å². The highest BCUT2D eigenvalue weighted by atomic mass is 79.9. The molecule has 3 atom stereocenters. The first kappa shape index (κ1) is 11.9. The summed E-state index contributed by atoms with van der Waals surface area (Å²) in [7, 11) is 0. The number of carbonyl (C=O) groups is 1. The van der Waals surface area contributed by atoms with Crippen molar-refractivity contribution in [2.45, 2.75) is 37.4 Å². The van der Waals surface area contributed by atoms with Gasteiger partial charge in [-0.25, -0.2) is 4.98 Å².